The van der Waals surface area contributed by atoms with Gasteiger partial charge < -0.3 is 15.1 Å². The molecule has 0 spiro atoms. The van der Waals surface area contributed by atoms with Crippen LogP contribution in [0.5, 0.6) is 0 Å². The quantitative estimate of drug-likeness (QED) is 0.898. The van der Waals surface area contributed by atoms with Crippen LogP contribution in [0.1, 0.15) is 27.7 Å². The van der Waals surface area contributed by atoms with Gasteiger partial charge in [-0.25, -0.2) is 0 Å². The molecule has 1 heterocycles. The summed E-state index contributed by atoms with van der Waals surface area (Å²) in [6.45, 7) is -0.189. The summed E-state index contributed by atoms with van der Waals surface area (Å²) in [4.78, 5) is 13.8. The zero-order valence-electron chi connectivity index (χ0n) is 11.5. The van der Waals surface area contributed by atoms with Crippen molar-refractivity contribution in [3.63, 3.8) is 0 Å². The van der Waals surface area contributed by atoms with Gasteiger partial charge in [-0.15, -0.1) is 0 Å². The van der Waals surface area contributed by atoms with Crippen LogP contribution in [-0.2, 0) is 6.42 Å². The molecule has 0 aliphatic carbocycles. The van der Waals surface area contributed by atoms with Crippen molar-refractivity contribution >= 4 is 5.91 Å². The molecule has 0 radical (unpaired) electrons. The topological polar surface area (TPSA) is 60.8 Å². The number of carbonyl (C=O) groups excluding carboxylic acids is 1. The lowest BCUT2D eigenvalue weighted by Gasteiger charge is -2.29. The van der Waals surface area contributed by atoms with Gasteiger partial charge in [-0.3, -0.25) is 4.79 Å². The maximum atomic E-state index is 12.5. The van der Waals surface area contributed by atoms with Gasteiger partial charge in [0.15, 0.2) is 6.23 Å². The molecule has 0 fully saturated rings. The number of aliphatic hydroxyl groups is 2. The first kappa shape index (κ1) is 13.8. The van der Waals surface area contributed by atoms with Crippen molar-refractivity contribution in [1.82, 2.24) is 4.90 Å². The molecule has 0 saturated carbocycles. The zero-order chi connectivity index (χ0) is 14.8. The summed E-state index contributed by atoms with van der Waals surface area (Å²) >= 11 is 0. The third-order valence-electron chi connectivity index (χ3n) is 3.89. The summed E-state index contributed by atoms with van der Waals surface area (Å²) in [5.41, 5.74) is 2.14. The highest BCUT2D eigenvalue weighted by Gasteiger charge is 2.39. The zero-order valence-corrected chi connectivity index (χ0v) is 11.5. The van der Waals surface area contributed by atoms with Crippen molar-refractivity contribution in [2.45, 2.75) is 18.7 Å². The third-order valence-corrected chi connectivity index (χ3v) is 3.89. The summed E-state index contributed by atoms with van der Waals surface area (Å²) < 4.78 is 0. The molecule has 1 aliphatic rings. The lowest BCUT2D eigenvalue weighted by molar-refractivity contribution is -0.0152. The second-order valence-electron chi connectivity index (χ2n) is 5.20. The van der Waals surface area contributed by atoms with Crippen LogP contribution in [-0.4, -0.2) is 33.7 Å². The molecule has 2 aromatic carbocycles. The van der Waals surface area contributed by atoms with Gasteiger partial charge in [-0.1, -0.05) is 48.5 Å². The van der Waals surface area contributed by atoms with Crippen molar-refractivity contribution in [1.29, 1.82) is 0 Å². The van der Waals surface area contributed by atoms with E-state index in [0.29, 0.717) is 17.5 Å². The number of fused-ring (bicyclic) bond motifs is 1. The van der Waals surface area contributed by atoms with E-state index in [1.165, 1.54) is 4.90 Å². The fraction of sp³-hybridized carbons (Fsp3) is 0.235. The SMILES string of the molecule is O=C1c2ccccc2C(O)N1[C@@H](CO)Cc1ccccc1. The molecule has 2 aromatic rings. The standard InChI is InChI=1S/C17H17NO3/c19-11-13(10-12-6-2-1-3-7-12)18-16(20)14-8-4-5-9-15(14)17(18)21/h1-9,13,16,19-20H,10-11H2/t13-,16?/m1/s1. The minimum Gasteiger partial charge on any atom is -0.394 e. The summed E-state index contributed by atoms with van der Waals surface area (Å²) in [5.74, 6) is -0.229. The molecule has 4 nitrogen and oxygen atoms in total. The Hall–Kier alpha value is -2.17. The van der Waals surface area contributed by atoms with Gasteiger partial charge in [0.05, 0.1) is 12.6 Å². The van der Waals surface area contributed by atoms with E-state index in [2.05, 4.69) is 0 Å². The molecule has 4 heteroatoms. The molecule has 0 saturated heterocycles. The van der Waals surface area contributed by atoms with Gasteiger partial charge >= 0.3 is 0 Å². The number of hydrogen-bond donors (Lipinski definition) is 2. The lowest BCUT2D eigenvalue weighted by Crippen LogP contribution is -2.42. The number of nitrogens with zero attached hydrogens (tertiary/aromatic N) is 1. The number of rotatable bonds is 4. The first-order valence-electron chi connectivity index (χ1n) is 6.97. The highest BCUT2D eigenvalue weighted by Crippen LogP contribution is 2.33. The van der Waals surface area contributed by atoms with E-state index in [0.717, 1.165) is 5.56 Å². The van der Waals surface area contributed by atoms with Crippen LogP contribution in [0.15, 0.2) is 54.6 Å². The Labute approximate surface area is 123 Å². The number of carbonyl (C=O) groups is 1. The first-order chi connectivity index (χ1) is 10.2. The molecule has 21 heavy (non-hydrogen) atoms. The Balaban J connectivity index is 1.87. The van der Waals surface area contributed by atoms with Crippen LogP contribution >= 0.6 is 0 Å². The molecule has 0 bridgehead atoms. The Morgan fingerprint density at radius 2 is 1.71 bits per heavy atom. The van der Waals surface area contributed by atoms with Crippen LogP contribution in [0.4, 0.5) is 0 Å². The van der Waals surface area contributed by atoms with Gasteiger partial charge in [0.2, 0.25) is 0 Å². The highest BCUT2D eigenvalue weighted by atomic mass is 16.3. The molecule has 2 N–H and O–H groups in total. The first-order valence-corrected chi connectivity index (χ1v) is 6.97. The average molecular weight is 283 g/mol. The normalized spacial score (nSPS) is 18.7. The number of benzene rings is 2. The van der Waals surface area contributed by atoms with Crippen molar-refractivity contribution in [2.24, 2.45) is 0 Å². The largest absolute Gasteiger partial charge is 0.394 e. The summed E-state index contributed by atoms with van der Waals surface area (Å²) in [6.07, 6.45) is -0.483. The minimum atomic E-state index is -0.991. The van der Waals surface area contributed by atoms with Crippen LogP contribution in [0.2, 0.25) is 0 Å². The Morgan fingerprint density at radius 3 is 2.38 bits per heavy atom. The molecule has 1 amide bonds. The number of aliphatic hydroxyl groups excluding tert-OH is 2. The van der Waals surface area contributed by atoms with Crippen LogP contribution in [0, 0.1) is 0 Å². The van der Waals surface area contributed by atoms with E-state index >= 15 is 0 Å². The lowest BCUT2D eigenvalue weighted by atomic mass is 10.1. The van der Waals surface area contributed by atoms with E-state index < -0.39 is 12.3 Å². The number of hydrogen-bond acceptors (Lipinski definition) is 3. The number of amides is 1. The van der Waals surface area contributed by atoms with Crippen molar-refractivity contribution in [3.05, 3.63) is 71.3 Å². The molecule has 3 rings (SSSR count). The second-order valence-corrected chi connectivity index (χ2v) is 5.20. The second kappa shape index (κ2) is 5.68. The van der Waals surface area contributed by atoms with E-state index in [1.807, 2.05) is 30.3 Å². The predicted molar refractivity (Wildman–Crippen MR) is 78.6 cm³/mol. The third kappa shape index (κ3) is 2.44. The Bertz CT molecular complexity index is 641. The van der Waals surface area contributed by atoms with Crippen LogP contribution in [0.3, 0.4) is 0 Å². The van der Waals surface area contributed by atoms with Crippen LogP contribution in [0.25, 0.3) is 0 Å². The van der Waals surface area contributed by atoms with Gasteiger partial charge in [-0.05, 0) is 18.1 Å². The predicted octanol–water partition coefficient (Wildman–Crippen LogP) is 1.74. The highest BCUT2D eigenvalue weighted by molar-refractivity contribution is 5.99. The van der Waals surface area contributed by atoms with Crippen molar-refractivity contribution in [2.75, 3.05) is 6.61 Å². The summed E-state index contributed by atoms with van der Waals surface area (Å²) in [5, 5.41) is 20.0. The fourth-order valence-corrected chi connectivity index (χ4v) is 2.82. The van der Waals surface area contributed by atoms with Gasteiger partial charge in [0.25, 0.3) is 5.91 Å². The van der Waals surface area contributed by atoms with E-state index in [-0.39, 0.29) is 12.5 Å². The van der Waals surface area contributed by atoms with Crippen molar-refractivity contribution < 1.29 is 15.0 Å². The van der Waals surface area contributed by atoms with Gasteiger partial charge in [0, 0.05) is 11.1 Å². The molecule has 0 aromatic heterocycles. The molecule has 2 atom stereocenters. The maximum absolute atomic E-state index is 12.5. The summed E-state index contributed by atoms with van der Waals surface area (Å²) in [7, 11) is 0. The van der Waals surface area contributed by atoms with E-state index in [9.17, 15) is 15.0 Å². The van der Waals surface area contributed by atoms with Gasteiger partial charge in [-0.2, -0.15) is 0 Å². The molecular weight excluding hydrogens is 266 g/mol. The van der Waals surface area contributed by atoms with Crippen LogP contribution < -0.4 is 0 Å². The van der Waals surface area contributed by atoms with E-state index in [4.69, 9.17) is 0 Å². The molecule has 1 aliphatic heterocycles. The maximum Gasteiger partial charge on any atom is 0.256 e. The Morgan fingerprint density at radius 1 is 1.05 bits per heavy atom. The van der Waals surface area contributed by atoms with Crippen molar-refractivity contribution in [3.8, 4) is 0 Å². The molecular formula is C17H17NO3. The smallest absolute Gasteiger partial charge is 0.256 e. The minimum absolute atomic E-state index is 0.189. The monoisotopic (exact) mass is 283 g/mol. The summed E-state index contributed by atoms with van der Waals surface area (Å²) in [6, 6.07) is 16.2. The fourth-order valence-electron chi connectivity index (χ4n) is 2.82. The average Bonchev–Trinajstić information content (AvgIpc) is 2.78. The molecule has 108 valence electrons. The molecule has 1 unspecified atom stereocenters. The Kier molecular flexibility index (Phi) is 3.73. The van der Waals surface area contributed by atoms with Gasteiger partial charge in [0.1, 0.15) is 0 Å². The van der Waals surface area contributed by atoms with E-state index in [1.54, 1.807) is 24.3 Å².